The van der Waals surface area contributed by atoms with E-state index in [4.69, 9.17) is 4.42 Å². The lowest BCUT2D eigenvalue weighted by Crippen LogP contribution is -2.23. The van der Waals surface area contributed by atoms with Crippen LogP contribution in [0.5, 0.6) is 0 Å². The van der Waals surface area contributed by atoms with Crippen molar-refractivity contribution in [1.29, 1.82) is 0 Å². The van der Waals surface area contributed by atoms with E-state index in [1.54, 1.807) is 18.4 Å². The van der Waals surface area contributed by atoms with Crippen LogP contribution in [-0.4, -0.2) is 5.91 Å². The molecule has 0 aliphatic carbocycles. The normalized spacial score (nSPS) is 10.2. The van der Waals surface area contributed by atoms with Crippen molar-refractivity contribution in [3.63, 3.8) is 0 Å². The van der Waals surface area contributed by atoms with Gasteiger partial charge in [0, 0.05) is 10.5 Å². The van der Waals surface area contributed by atoms with Gasteiger partial charge in [-0.3, -0.25) is 4.79 Å². The van der Waals surface area contributed by atoms with Crippen molar-refractivity contribution < 1.29 is 9.21 Å². The van der Waals surface area contributed by atoms with E-state index in [-0.39, 0.29) is 5.91 Å². The molecule has 0 fully saturated rings. The van der Waals surface area contributed by atoms with Gasteiger partial charge in [0.2, 0.25) is 0 Å². The van der Waals surface area contributed by atoms with Crippen LogP contribution in [-0.2, 0) is 6.54 Å². The number of carbonyl (C=O) groups excluding carboxylic acids is 1. The quantitative estimate of drug-likeness (QED) is 0.819. The van der Waals surface area contributed by atoms with Crippen LogP contribution in [0, 0.1) is 6.92 Å². The second-order valence-electron chi connectivity index (χ2n) is 3.76. The second-order valence-corrected chi connectivity index (χ2v) is 4.28. The summed E-state index contributed by atoms with van der Waals surface area (Å²) in [6.07, 6.45) is 1.58. The molecule has 0 bridgehead atoms. The lowest BCUT2D eigenvalue weighted by atomic mass is 10.1. The highest BCUT2D eigenvalue weighted by Crippen LogP contribution is 2.14. The molecule has 1 aromatic carbocycles. The smallest absolute Gasteiger partial charge is 0.251 e. The van der Waals surface area contributed by atoms with E-state index >= 15 is 0 Å². The number of nitrogens with one attached hydrogen (secondary N) is 1. The summed E-state index contributed by atoms with van der Waals surface area (Å²) in [5, 5.41) is 2.80. The summed E-state index contributed by atoms with van der Waals surface area (Å²) in [5.41, 5.74) is 1.57. The van der Waals surface area contributed by atoms with E-state index in [2.05, 4.69) is 17.9 Å². The van der Waals surface area contributed by atoms with Gasteiger partial charge in [0.1, 0.15) is 5.76 Å². The third kappa shape index (κ3) is 2.91. The summed E-state index contributed by atoms with van der Waals surface area (Å²) in [6, 6.07) is 9.12. The number of hydrogen-bond acceptors (Lipinski definition) is 3. The molecule has 1 aromatic heterocycles. The SMILES string of the molecule is Cc1ccc(S)cc1C(=O)NCc1ccco1. The molecule has 0 unspecified atom stereocenters. The molecule has 1 N–H and O–H groups in total. The zero-order valence-electron chi connectivity index (χ0n) is 9.43. The first-order chi connectivity index (χ1) is 8.16. The lowest BCUT2D eigenvalue weighted by molar-refractivity contribution is 0.0947. The Morgan fingerprint density at radius 3 is 2.94 bits per heavy atom. The monoisotopic (exact) mass is 247 g/mol. The minimum absolute atomic E-state index is 0.116. The molecule has 0 radical (unpaired) electrons. The Hall–Kier alpha value is -1.68. The van der Waals surface area contributed by atoms with E-state index < -0.39 is 0 Å². The molecule has 0 saturated heterocycles. The Kier molecular flexibility index (Phi) is 3.54. The molecule has 88 valence electrons. The maximum Gasteiger partial charge on any atom is 0.251 e. The minimum atomic E-state index is -0.116. The summed E-state index contributed by atoms with van der Waals surface area (Å²) < 4.78 is 5.14. The summed E-state index contributed by atoms with van der Waals surface area (Å²) in [6.45, 7) is 2.29. The zero-order valence-corrected chi connectivity index (χ0v) is 10.3. The number of aryl methyl sites for hydroxylation is 1. The predicted octanol–water partition coefficient (Wildman–Crippen LogP) is 2.81. The Labute approximate surface area is 105 Å². The molecule has 2 aromatic rings. The van der Waals surface area contributed by atoms with Gasteiger partial charge in [-0.2, -0.15) is 0 Å². The van der Waals surface area contributed by atoms with Gasteiger partial charge in [-0.25, -0.2) is 0 Å². The predicted molar refractivity (Wildman–Crippen MR) is 68.3 cm³/mol. The van der Waals surface area contributed by atoms with Gasteiger partial charge in [0.15, 0.2) is 0 Å². The van der Waals surface area contributed by atoms with E-state index in [1.165, 1.54) is 0 Å². The molecule has 4 heteroatoms. The number of carbonyl (C=O) groups is 1. The van der Waals surface area contributed by atoms with Crippen LogP contribution in [0.1, 0.15) is 21.7 Å². The van der Waals surface area contributed by atoms with Crippen LogP contribution in [0.15, 0.2) is 45.9 Å². The molecule has 3 nitrogen and oxygen atoms in total. The summed E-state index contributed by atoms with van der Waals surface area (Å²) >= 11 is 4.23. The standard InChI is InChI=1S/C13H13NO2S/c1-9-4-5-11(17)7-12(9)13(15)14-8-10-3-2-6-16-10/h2-7,17H,8H2,1H3,(H,14,15). The molecule has 0 spiro atoms. The molecule has 17 heavy (non-hydrogen) atoms. The molecule has 1 amide bonds. The molecule has 0 atom stereocenters. The van der Waals surface area contributed by atoms with Gasteiger partial charge in [-0.1, -0.05) is 6.07 Å². The van der Waals surface area contributed by atoms with E-state index in [1.807, 2.05) is 25.1 Å². The van der Waals surface area contributed by atoms with Gasteiger partial charge in [0.25, 0.3) is 5.91 Å². The molecular weight excluding hydrogens is 234 g/mol. The number of benzene rings is 1. The lowest BCUT2D eigenvalue weighted by Gasteiger charge is -2.07. The highest BCUT2D eigenvalue weighted by molar-refractivity contribution is 7.80. The zero-order chi connectivity index (χ0) is 12.3. The molecule has 0 aliphatic rings. The van der Waals surface area contributed by atoms with Crippen molar-refractivity contribution in [2.24, 2.45) is 0 Å². The number of furan rings is 1. The maximum absolute atomic E-state index is 11.9. The Balaban J connectivity index is 2.07. The fourth-order valence-electron chi connectivity index (χ4n) is 1.53. The average Bonchev–Trinajstić information content (AvgIpc) is 2.82. The first-order valence-corrected chi connectivity index (χ1v) is 5.72. The van der Waals surface area contributed by atoms with Gasteiger partial charge in [0.05, 0.1) is 12.8 Å². The Morgan fingerprint density at radius 2 is 2.24 bits per heavy atom. The number of hydrogen-bond donors (Lipinski definition) is 2. The van der Waals surface area contributed by atoms with Crippen LogP contribution >= 0.6 is 12.6 Å². The fraction of sp³-hybridized carbons (Fsp3) is 0.154. The number of thiol groups is 1. The third-order valence-electron chi connectivity index (χ3n) is 2.47. The Morgan fingerprint density at radius 1 is 1.41 bits per heavy atom. The van der Waals surface area contributed by atoms with Crippen LogP contribution in [0.25, 0.3) is 0 Å². The Bertz CT molecular complexity index is 520. The van der Waals surface area contributed by atoms with Crippen LogP contribution < -0.4 is 5.32 Å². The second kappa shape index (κ2) is 5.10. The summed E-state index contributed by atoms with van der Waals surface area (Å²) in [7, 11) is 0. The molecule has 1 heterocycles. The van der Waals surface area contributed by atoms with Crippen molar-refractivity contribution >= 4 is 18.5 Å². The van der Waals surface area contributed by atoms with Crippen molar-refractivity contribution in [1.82, 2.24) is 5.32 Å². The van der Waals surface area contributed by atoms with E-state index in [0.717, 1.165) is 16.2 Å². The van der Waals surface area contributed by atoms with Gasteiger partial charge in [-0.15, -0.1) is 12.6 Å². The maximum atomic E-state index is 11.9. The molecule has 2 rings (SSSR count). The van der Waals surface area contributed by atoms with Gasteiger partial charge >= 0.3 is 0 Å². The first-order valence-electron chi connectivity index (χ1n) is 5.27. The fourth-order valence-corrected chi connectivity index (χ4v) is 1.73. The topological polar surface area (TPSA) is 42.2 Å². The van der Waals surface area contributed by atoms with Crippen molar-refractivity contribution in [3.05, 3.63) is 53.5 Å². The van der Waals surface area contributed by atoms with Crippen molar-refractivity contribution in [2.45, 2.75) is 18.4 Å². The summed E-state index contributed by atoms with van der Waals surface area (Å²) in [5.74, 6) is 0.618. The minimum Gasteiger partial charge on any atom is -0.467 e. The highest BCUT2D eigenvalue weighted by Gasteiger charge is 2.09. The van der Waals surface area contributed by atoms with Crippen LogP contribution in [0.2, 0.25) is 0 Å². The molecule has 0 saturated carbocycles. The van der Waals surface area contributed by atoms with Gasteiger partial charge < -0.3 is 9.73 Å². The molecule has 0 aliphatic heterocycles. The van der Waals surface area contributed by atoms with E-state index in [0.29, 0.717) is 12.1 Å². The number of rotatable bonds is 3. The summed E-state index contributed by atoms with van der Waals surface area (Å²) in [4.78, 5) is 12.7. The largest absolute Gasteiger partial charge is 0.467 e. The average molecular weight is 247 g/mol. The van der Waals surface area contributed by atoms with Crippen molar-refractivity contribution in [3.8, 4) is 0 Å². The van der Waals surface area contributed by atoms with Gasteiger partial charge in [-0.05, 0) is 36.8 Å². The first kappa shape index (κ1) is 11.8. The van der Waals surface area contributed by atoms with Crippen molar-refractivity contribution in [2.75, 3.05) is 0 Å². The third-order valence-corrected chi connectivity index (χ3v) is 2.75. The van der Waals surface area contributed by atoms with Crippen LogP contribution in [0.3, 0.4) is 0 Å². The number of amides is 1. The van der Waals surface area contributed by atoms with E-state index in [9.17, 15) is 4.79 Å². The highest BCUT2D eigenvalue weighted by atomic mass is 32.1. The molecular formula is C13H13NO2S. The van der Waals surface area contributed by atoms with Crippen LogP contribution in [0.4, 0.5) is 0 Å².